The number of hydrogen-bond donors (Lipinski definition) is 0. The Morgan fingerprint density at radius 1 is 1.40 bits per heavy atom. The quantitative estimate of drug-likeness (QED) is 0.742. The highest BCUT2D eigenvalue weighted by atomic mass is 16.5. The summed E-state index contributed by atoms with van der Waals surface area (Å²) in [5.41, 5.74) is 0. The molecule has 1 amide bonds. The molecule has 2 saturated heterocycles. The van der Waals surface area contributed by atoms with Crippen LogP contribution in [0.2, 0.25) is 0 Å². The fourth-order valence-corrected chi connectivity index (χ4v) is 2.76. The van der Waals surface area contributed by atoms with Crippen molar-refractivity contribution in [1.82, 2.24) is 14.9 Å². The average Bonchev–Trinajstić information content (AvgIpc) is 2.91. The molecule has 0 radical (unpaired) electrons. The molecule has 2 fully saturated rings. The summed E-state index contributed by atoms with van der Waals surface area (Å²) < 4.78 is 10.7. The first-order chi connectivity index (χ1) is 9.79. The summed E-state index contributed by atoms with van der Waals surface area (Å²) >= 11 is 0. The van der Waals surface area contributed by atoms with E-state index in [0.29, 0.717) is 32.2 Å². The van der Waals surface area contributed by atoms with Crippen LogP contribution in [-0.4, -0.2) is 72.9 Å². The van der Waals surface area contributed by atoms with E-state index < -0.39 is 0 Å². The number of ether oxygens (including phenoxy) is 2. The van der Waals surface area contributed by atoms with Crippen LogP contribution < -0.4 is 4.90 Å². The number of fused-ring (bicyclic) bond motifs is 1. The summed E-state index contributed by atoms with van der Waals surface area (Å²) in [6, 6.07) is 1.84. The minimum atomic E-state index is 0.0216. The molecule has 2 aliphatic rings. The third-order valence-electron chi connectivity index (χ3n) is 3.75. The van der Waals surface area contributed by atoms with E-state index in [-0.39, 0.29) is 24.7 Å². The average molecular weight is 278 g/mol. The van der Waals surface area contributed by atoms with Crippen LogP contribution in [0.4, 0.5) is 5.95 Å². The molecule has 3 heterocycles. The molecule has 0 N–H and O–H groups in total. The van der Waals surface area contributed by atoms with E-state index in [2.05, 4.69) is 14.9 Å². The molecule has 0 spiro atoms. The maximum absolute atomic E-state index is 12.0. The topological polar surface area (TPSA) is 67.8 Å². The van der Waals surface area contributed by atoms with Gasteiger partial charge in [-0.25, -0.2) is 9.97 Å². The van der Waals surface area contributed by atoms with Crippen LogP contribution in [0.1, 0.15) is 0 Å². The number of rotatable bonds is 4. The van der Waals surface area contributed by atoms with Crippen molar-refractivity contribution in [1.29, 1.82) is 0 Å². The van der Waals surface area contributed by atoms with Crippen molar-refractivity contribution < 1.29 is 14.3 Å². The minimum absolute atomic E-state index is 0.0216. The van der Waals surface area contributed by atoms with E-state index in [1.165, 1.54) is 0 Å². The second-order valence-electron chi connectivity index (χ2n) is 4.95. The molecular weight excluding hydrogens is 260 g/mol. The zero-order chi connectivity index (χ0) is 13.9. The maximum atomic E-state index is 12.0. The van der Waals surface area contributed by atoms with Gasteiger partial charge in [-0.2, -0.15) is 0 Å². The Bertz CT molecular complexity index is 470. The fraction of sp³-hybridized carbons (Fsp3) is 0.615. The number of aromatic nitrogens is 2. The van der Waals surface area contributed by atoms with Gasteiger partial charge < -0.3 is 19.3 Å². The van der Waals surface area contributed by atoms with Gasteiger partial charge in [0.2, 0.25) is 11.9 Å². The van der Waals surface area contributed by atoms with Crippen LogP contribution in [0.3, 0.4) is 0 Å². The van der Waals surface area contributed by atoms with E-state index >= 15 is 0 Å². The summed E-state index contributed by atoms with van der Waals surface area (Å²) in [5.74, 6) is 0.712. The highest BCUT2D eigenvalue weighted by molar-refractivity contribution is 5.79. The molecule has 0 aromatic carbocycles. The van der Waals surface area contributed by atoms with E-state index in [9.17, 15) is 4.79 Å². The summed E-state index contributed by atoms with van der Waals surface area (Å²) in [6.07, 6.45) is 3.46. The predicted octanol–water partition coefficient (Wildman–Crippen LogP) is -0.461. The summed E-state index contributed by atoms with van der Waals surface area (Å²) in [4.78, 5) is 24.4. The first-order valence-electron chi connectivity index (χ1n) is 6.71. The standard InChI is InChI=1S/C13H18N4O3/c1-19-6-5-17-10-7-16(13-14-3-2-4-15-13)8-11(10)20-9-12(17)18/h2-4,10-11H,5-9H2,1H3. The van der Waals surface area contributed by atoms with E-state index in [1.807, 2.05) is 4.90 Å². The third-order valence-corrected chi connectivity index (χ3v) is 3.75. The molecule has 3 rings (SSSR count). The molecule has 20 heavy (non-hydrogen) atoms. The van der Waals surface area contributed by atoms with Crippen LogP contribution in [0.5, 0.6) is 0 Å². The highest BCUT2D eigenvalue weighted by Crippen LogP contribution is 2.25. The van der Waals surface area contributed by atoms with Crippen LogP contribution >= 0.6 is 0 Å². The molecule has 2 aliphatic heterocycles. The van der Waals surface area contributed by atoms with Crippen molar-refractivity contribution in [2.75, 3.05) is 44.9 Å². The van der Waals surface area contributed by atoms with Crippen LogP contribution in [-0.2, 0) is 14.3 Å². The molecule has 1 aromatic heterocycles. The first-order valence-corrected chi connectivity index (χ1v) is 6.71. The van der Waals surface area contributed by atoms with E-state index in [0.717, 1.165) is 0 Å². The van der Waals surface area contributed by atoms with Crippen molar-refractivity contribution in [3.05, 3.63) is 18.5 Å². The van der Waals surface area contributed by atoms with Gasteiger partial charge in [-0.3, -0.25) is 4.79 Å². The number of methoxy groups -OCH3 is 1. The molecule has 2 atom stereocenters. The predicted molar refractivity (Wildman–Crippen MR) is 71.4 cm³/mol. The van der Waals surface area contributed by atoms with Crippen molar-refractivity contribution in [3.63, 3.8) is 0 Å². The minimum Gasteiger partial charge on any atom is -0.383 e. The van der Waals surface area contributed by atoms with Gasteiger partial charge in [0.25, 0.3) is 0 Å². The van der Waals surface area contributed by atoms with Gasteiger partial charge >= 0.3 is 0 Å². The molecule has 7 heteroatoms. The second kappa shape index (κ2) is 5.72. The van der Waals surface area contributed by atoms with Crippen molar-refractivity contribution in [3.8, 4) is 0 Å². The lowest BCUT2D eigenvalue weighted by Crippen LogP contribution is -2.54. The van der Waals surface area contributed by atoms with E-state index in [4.69, 9.17) is 9.47 Å². The zero-order valence-corrected chi connectivity index (χ0v) is 11.4. The van der Waals surface area contributed by atoms with Crippen molar-refractivity contribution in [2.45, 2.75) is 12.1 Å². The lowest BCUT2D eigenvalue weighted by Gasteiger charge is -2.36. The van der Waals surface area contributed by atoms with Crippen LogP contribution in [0, 0.1) is 0 Å². The highest BCUT2D eigenvalue weighted by Gasteiger charge is 2.43. The Morgan fingerprint density at radius 2 is 2.20 bits per heavy atom. The molecular formula is C13H18N4O3. The normalized spacial score (nSPS) is 25.9. The summed E-state index contributed by atoms with van der Waals surface area (Å²) in [5, 5.41) is 0. The van der Waals surface area contributed by atoms with Crippen LogP contribution in [0.15, 0.2) is 18.5 Å². The van der Waals surface area contributed by atoms with Gasteiger partial charge in [-0.05, 0) is 6.07 Å². The largest absolute Gasteiger partial charge is 0.383 e. The lowest BCUT2D eigenvalue weighted by molar-refractivity contribution is -0.153. The Balaban J connectivity index is 1.73. The number of carbonyl (C=O) groups is 1. The Hall–Kier alpha value is -1.73. The number of morpholine rings is 1. The van der Waals surface area contributed by atoms with Gasteiger partial charge in [-0.1, -0.05) is 0 Å². The Labute approximate surface area is 117 Å². The molecule has 0 bridgehead atoms. The SMILES string of the molecule is COCCN1C(=O)COC2CN(c3ncccn3)CC21. The monoisotopic (exact) mass is 278 g/mol. The Kier molecular flexibility index (Phi) is 3.79. The van der Waals surface area contributed by atoms with Gasteiger partial charge in [0.15, 0.2) is 0 Å². The number of carbonyl (C=O) groups excluding carboxylic acids is 1. The van der Waals surface area contributed by atoms with Gasteiger partial charge in [0.05, 0.1) is 18.8 Å². The number of hydrogen-bond acceptors (Lipinski definition) is 6. The number of nitrogens with zero attached hydrogens (tertiary/aromatic N) is 4. The summed E-state index contributed by atoms with van der Waals surface area (Å²) in [6.45, 7) is 2.70. The fourth-order valence-electron chi connectivity index (χ4n) is 2.76. The third kappa shape index (κ3) is 2.46. The molecule has 0 saturated carbocycles. The first kappa shape index (κ1) is 13.3. The zero-order valence-electron chi connectivity index (χ0n) is 11.4. The number of anilines is 1. The van der Waals surface area contributed by atoms with E-state index in [1.54, 1.807) is 25.6 Å². The smallest absolute Gasteiger partial charge is 0.249 e. The maximum Gasteiger partial charge on any atom is 0.249 e. The molecule has 1 aromatic rings. The lowest BCUT2D eigenvalue weighted by atomic mass is 10.1. The van der Waals surface area contributed by atoms with Gasteiger partial charge in [0.1, 0.15) is 6.61 Å². The molecule has 2 unspecified atom stereocenters. The van der Waals surface area contributed by atoms with Gasteiger partial charge in [0, 0.05) is 39.1 Å². The van der Waals surface area contributed by atoms with Crippen molar-refractivity contribution in [2.24, 2.45) is 0 Å². The molecule has 0 aliphatic carbocycles. The Morgan fingerprint density at radius 3 is 2.95 bits per heavy atom. The second-order valence-corrected chi connectivity index (χ2v) is 4.95. The summed E-state index contributed by atoms with van der Waals surface area (Å²) in [7, 11) is 1.64. The number of amides is 1. The van der Waals surface area contributed by atoms with Crippen LogP contribution in [0.25, 0.3) is 0 Å². The molecule has 7 nitrogen and oxygen atoms in total. The van der Waals surface area contributed by atoms with Gasteiger partial charge in [-0.15, -0.1) is 0 Å². The molecule has 108 valence electrons. The van der Waals surface area contributed by atoms with Crippen molar-refractivity contribution >= 4 is 11.9 Å².